The Morgan fingerprint density at radius 3 is 2.75 bits per heavy atom. The van der Waals surface area contributed by atoms with Crippen LogP contribution in [0, 0.1) is 5.92 Å². The second kappa shape index (κ2) is 9.39. The summed E-state index contributed by atoms with van der Waals surface area (Å²) in [7, 11) is 3.48. The highest BCUT2D eigenvalue weighted by molar-refractivity contribution is 5.83. The molecule has 0 aliphatic carbocycles. The number of rotatable bonds is 8. The molecule has 1 saturated heterocycles. The summed E-state index contributed by atoms with van der Waals surface area (Å²) in [5.41, 5.74) is 2.24. The molecular weight excluding hydrogens is 356 g/mol. The van der Waals surface area contributed by atoms with Gasteiger partial charge in [0.25, 0.3) is 0 Å². The zero-order valence-corrected chi connectivity index (χ0v) is 16.6. The molecule has 1 aromatic heterocycles. The molecule has 1 N–H and O–H groups in total. The molecule has 1 aliphatic rings. The van der Waals surface area contributed by atoms with Gasteiger partial charge >= 0.3 is 0 Å². The molecule has 0 bridgehead atoms. The number of H-pyrrole nitrogens is 1. The van der Waals surface area contributed by atoms with E-state index in [9.17, 15) is 9.59 Å². The summed E-state index contributed by atoms with van der Waals surface area (Å²) in [6.07, 6.45) is 6.23. The first kappa shape index (κ1) is 19.9. The van der Waals surface area contributed by atoms with Crippen LogP contribution in [0.4, 0.5) is 0 Å². The molecule has 2 aromatic rings. The molecule has 2 heterocycles. The van der Waals surface area contributed by atoms with Crippen molar-refractivity contribution >= 4 is 11.8 Å². The second-order valence-electron chi connectivity index (χ2n) is 7.29. The van der Waals surface area contributed by atoms with Gasteiger partial charge in [0.15, 0.2) is 0 Å². The third kappa shape index (κ3) is 5.12. The van der Waals surface area contributed by atoms with Gasteiger partial charge in [-0.15, -0.1) is 0 Å². The van der Waals surface area contributed by atoms with Crippen molar-refractivity contribution in [2.45, 2.75) is 25.7 Å². The summed E-state index contributed by atoms with van der Waals surface area (Å²) in [4.78, 5) is 28.7. The Labute approximate surface area is 165 Å². The number of carbonyl (C=O) groups excluding carboxylic acids is 2. The largest absolute Gasteiger partial charge is 0.497 e. The number of likely N-dealkylation sites (tertiary alicyclic amines) is 1. The van der Waals surface area contributed by atoms with Crippen molar-refractivity contribution in [1.82, 2.24) is 20.0 Å². The Morgan fingerprint density at radius 2 is 2.07 bits per heavy atom. The summed E-state index contributed by atoms with van der Waals surface area (Å²) in [5, 5.41) is 6.71. The lowest BCUT2D eigenvalue weighted by molar-refractivity contribution is -0.142. The van der Waals surface area contributed by atoms with Gasteiger partial charge in [0.2, 0.25) is 11.8 Å². The summed E-state index contributed by atoms with van der Waals surface area (Å²) in [6, 6.07) is 7.88. The number of ether oxygens (including phenoxy) is 1. The Morgan fingerprint density at radius 1 is 1.29 bits per heavy atom. The first-order valence-corrected chi connectivity index (χ1v) is 9.70. The fourth-order valence-corrected chi connectivity index (χ4v) is 3.52. The number of likely N-dealkylation sites (N-methyl/N-ethyl adjacent to an activating group) is 1. The number of piperidine rings is 1. The predicted octanol–water partition coefficient (Wildman–Crippen LogP) is 1.90. The van der Waals surface area contributed by atoms with Crippen LogP contribution in [0.5, 0.6) is 5.75 Å². The molecule has 3 rings (SSSR count). The number of benzene rings is 1. The van der Waals surface area contributed by atoms with Gasteiger partial charge in [-0.05, 0) is 42.5 Å². The molecule has 0 saturated carbocycles. The van der Waals surface area contributed by atoms with Crippen molar-refractivity contribution in [2.75, 3.05) is 33.8 Å². The van der Waals surface area contributed by atoms with Crippen molar-refractivity contribution < 1.29 is 14.3 Å². The first-order valence-electron chi connectivity index (χ1n) is 9.70. The van der Waals surface area contributed by atoms with Gasteiger partial charge in [-0.25, -0.2) is 0 Å². The van der Waals surface area contributed by atoms with Gasteiger partial charge in [-0.2, -0.15) is 5.10 Å². The molecule has 1 atom stereocenters. The maximum Gasteiger partial charge on any atom is 0.227 e. The van der Waals surface area contributed by atoms with Crippen molar-refractivity contribution in [3.63, 3.8) is 0 Å². The predicted molar refractivity (Wildman–Crippen MR) is 106 cm³/mol. The molecule has 150 valence electrons. The van der Waals surface area contributed by atoms with E-state index in [1.165, 1.54) is 0 Å². The number of methoxy groups -OCH3 is 1. The van der Waals surface area contributed by atoms with Crippen molar-refractivity contribution in [2.24, 2.45) is 5.92 Å². The number of nitrogens with one attached hydrogen (secondary N) is 1. The number of aromatic amines is 1. The molecule has 28 heavy (non-hydrogen) atoms. The Kier molecular flexibility index (Phi) is 6.68. The van der Waals surface area contributed by atoms with Gasteiger partial charge in [0.05, 0.1) is 19.2 Å². The minimum absolute atomic E-state index is 0.116. The molecule has 0 radical (unpaired) electrons. The highest BCUT2D eigenvalue weighted by Crippen LogP contribution is 2.21. The standard InChI is InChI=1S/C21H28N4O3/c1-24(11-9-17-13-22-23-14-17)21(27)18-5-8-20(26)25(15-18)12-10-16-3-6-19(28-2)7-4-16/h3-4,6-7,13-14,18H,5,8-12,15H2,1-2H3,(H,22,23)/t18-/m1/s1. The van der Waals surface area contributed by atoms with Crippen molar-refractivity contribution in [1.29, 1.82) is 0 Å². The lowest BCUT2D eigenvalue weighted by atomic mass is 9.95. The van der Waals surface area contributed by atoms with E-state index in [4.69, 9.17) is 4.74 Å². The van der Waals surface area contributed by atoms with Crippen LogP contribution in [-0.2, 0) is 22.4 Å². The number of carbonyl (C=O) groups is 2. The zero-order chi connectivity index (χ0) is 19.9. The molecule has 1 fully saturated rings. The third-order valence-electron chi connectivity index (χ3n) is 5.35. The van der Waals surface area contributed by atoms with E-state index in [-0.39, 0.29) is 17.7 Å². The molecule has 1 aliphatic heterocycles. The molecule has 0 unspecified atom stereocenters. The van der Waals surface area contributed by atoms with E-state index in [2.05, 4.69) is 10.2 Å². The minimum Gasteiger partial charge on any atom is -0.497 e. The van der Waals surface area contributed by atoms with Gasteiger partial charge in [0.1, 0.15) is 5.75 Å². The third-order valence-corrected chi connectivity index (χ3v) is 5.35. The molecule has 0 spiro atoms. The highest BCUT2D eigenvalue weighted by atomic mass is 16.5. The van der Waals surface area contributed by atoms with Crippen LogP contribution in [0.3, 0.4) is 0 Å². The van der Waals surface area contributed by atoms with Crippen LogP contribution < -0.4 is 4.74 Å². The summed E-state index contributed by atoms with van der Waals surface area (Å²) in [6.45, 7) is 1.78. The molecule has 2 amide bonds. The average molecular weight is 384 g/mol. The quantitative estimate of drug-likeness (QED) is 0.754. The minimum atomic E-state index is -0.122. The van der Waals surface area contributed by atoms with Crippen LogP contribution in [0.1, 0.15) is 24.0 Å². The van der Waals surface area contributed by atoms with E-state index >= 15 is 0 Å². The lowest BCUT2D eigenvalue weighted by Crippen LogP contribution is -2.47. The van der Waals surface area contributed by atoms with Gasteiger partial charge in [-0.3, -0.25) is 14.7 Å². The van der Waals surface area contributed by atoms with Crippen LogP contribution >= 0.6 is 0 Å². The van der Waals surface area contributed by atoms with Gasteiger partial charge < -0.3 is 14.5 Å². The molecule has 1 aromatic carbocycles. The number of aromatic nitrogens is 2. The summed E-state index contributed by atoms with van der Waals surface area (Å²) < 4.78 is 5.18. The fourth-order valence-electron chi connectivity index (χ4n) is 3.52. The average Bonchev–Trinajstić information content (AvgIpc) is 3.25. The van der Waals surface area contributed by atoms with Crippen LogP contribution in [0.25, 0.3) is 0 Å². The Balaban J connectivity index is 1.50. The van der Waals surface area contributed by atoms with E-state index in [0.717, 1.165) is 29.7 Å². The second-order valence-corrected chi connectivity index (χ2v) is 7.29. The number of nitrogens with zero attached hydrogens (tertiary/aromatic N) is 3. The van der Waals surface area contributed by atoms with E-state index in [0.29, 0.717) is 32.5 Å². The smallest absolute Gasteiger partial charge is 0.227 e. The summed E-state index contributed by atoms with van der Waals surface area (Å²) in [5.74, 6) is 0.953. The summed E-state index contributed by atoms with van der Waals surface area (Å²) >= 11 is 0. The zero-order valence-electron chi connectivity index (χ0n) is 16.6. The SMILES string of the molecule is COc1ccc(CCN2C[C@H](C(=O)N(C)CCc3cn[nH]c3)CCC2=O)cc1. The van der Waals surface area contributed by atoms with Crippen LogP contribution in [0.2, 0.25) is 0 Å². The van der Waals surface area contributed by atoms with Crippen molar-refractivity contribution in [3.8, 4) is 5.75 Å². The Bertz CT molecular complexity index is 773. The van der Waals surface area contributed by atoms with Gasteiger partial charge in [-0.1, -0.05) is 12.1 Å². The van der Waals surface area contributed by atoms with E-state index in [1.54, 1.807) is 18.2 Å². The molecular formula is C21H28N4O3. The van der Waals surface area contributed by atoms with Crippen LogP contribution in [0.15, 0.2) is 36.7 Å². The number of hydrogen-bond donors (Lipinski definition) is 1. The molecule has 7 heteroatoms. The van der Waals surface area contributed by atoms with E-state index < -0.39 is 0 Å². The van der Waals surface area contributed by atoms with E-state index in [1.807, 2.05) is 42.4 Å². The lowest BCUT2D eigenvalue weighted by Gasteiger charge is -2.34. The topological polar surface area (TPSA) is 78.5 Å². The number of hydrogen-bond acceptors (Lipinski definition) is 4. The monoisotopic (exact) mass is 384 g/mol. The molecule has 7 nitrogen and oxygen atoms in total. The number of amides is 2. The van der Waals surface area contributed by atoms with Crippen molar-refractivity contribution in [3.05, 3.63) is 47.8 Å². The fraction of sp³-hybridized carbons (Fsp3) is 0.476. The Hall–Kier alpha value is -2.83. The normalized spacial score (nSPS) is 16.9. The maximum absolute atomic E-state index is 12.8. The van der Waals surface area contributed by atoms with Crippen LogP contribution in [-0.4, -0.2) is 65.6 Å². The first-order chi connectivity index (χ1) is 13.6. The maximum atomic E-state index is 12.8. The highest BCUT2D eigenvalue weighted by Gasteiger charge is 2.31. The van der Waals surface area contributed by atoms with Gasteiger partial charge in [0, 0.05) is 39.3 Å².